The van der Waals surface area contributed by atoms with Crippen LogP contribution in [-0.4, -0.2) is 26.6 Å². The summed E-state index contributed by atoms with van der Waals surface area (Å²) >= 11 is 1.65. The van der Waals surface area contributed by atoms with E-state index in [0.29, 0.717) is 5.82 Å². The number of aromatic amines is 1. The predicted octanol–water partition coefficient (Wildman–Crippen LogP) is 4.15. The van der Waals surface area contributed by atoms with E-state index in [4.69, 9.17) is 4.74 Å². The van der Waals surface area contributed by atoms with Crippen LogP contribution in [0.4, 0.5) is 0 Å². The molecule has 7 heteroatoms. The van der Waals surface area contributed by atoms with Crippen LogP contribution >= 0.6 is 11.3 Å². The molecular weight excluding hydrogens is 384 g/mol. The van der Waals surface area contributed by atoms with Crippen LogP contribution < -0.4 is 10.3 Å². The molecule has 0 aliphatic heterocycles. The molecule has 0 atom stereocenters. The highest BCUT2D eigenvalue weighted by Gasteiger charge is 2.20. The summed E-state index contributed by atoms with van der Waals surface area (Å²) in [7, 11) is 1.65. The molecule has 1 aliphatic rings. The third-order valence-corrected chi connectivity index (χ3v) is 6.41. The van der Waals surface area contributed by atoms with Crippen LogP contribution in [0.25, 0.3) is 28.1 Å². The summed E-state index contributed by atoms with van der Waals surface area (Å²) in [4.78, 5) is 26.6. The van der Waals surface area contributed by atoms with Gasteiger partial charge in [-0.15, -0.1) is 11.3 Å². The van der Waals surface area contributed by atoms with Crippen molar-refractivity contribution in [3.05, 3.63) is 68.6 Å². The number of thiophene rings is 1. The highest BCUT2D eigenvalue weighted by atomic mass is 32.1. The Kier molecular flexibility index (Phi) is 4.32. The minimum Gasteiger partial charge on any atom is -0.495 e. The maximum absolute atomic E-state index is 12.6. The van der Waals surface area contributed by atoms with Gasteiger partial charge < -0.3 is 14.3 Å². The summed E-state index contributed by atoms with van der Waals surface area (Å²) in [5.41, 5.74) is 3.98. The molecule has 0 amide bonds. The third kappa shape index (κ3) is 3.17. The van der Waals surface area contributed by atoms with Crippen molar-refractivity contribution < 1.29 is 4.74 Å². The molecule has 6 nitrogen and oxygen atoms in total. The van der Waals surface area contributed by atoms with Gasteiger partial charge in [0.1, 0.15) is 16.4 Å². The lowest BCUT2D eigenvalue weighted by molar-refractivity contribution is 0.413. The molecule has 0 spiro atoms. The maximum Gasteiger partial charge on any atom is 0.260 e. The molecular formula is C22H20N4O2S. The number of nitrogens with one attached hydrogen (secondary N) is 1. The minimum absolute atomic E-state index is 0.0440. The van der Waals surface area contributed by atoms with E-state index in [0.717, 1.165) is 52.2 Å². The minimum atomic E-state index is -0.0440. The van der Waals surface area contributed by atoms with Crippen LogP contribution in [0, 0.1) is 6.92 Å². The molecule has 4 aromatic rings. The van der Waals surface area contributed by atoms with Crippen molar-refractivity contribution in [3.8, 4) is 11.4 Å². The first kappa shape index (κ1) is 17.9. The number of rotatable bonds is 4. The van der Waals surface area contributed by atoms with Gasteiger partial charge in [0.15, 0.2) is 0 Å². The summed E-state index contributed by atoms with van der Waals surface area (Å²) in [6.07, 6.45) is 10.7. The molecule has 3 heterocycles. The third-order valence-electron chi connectivity index (χ3n) is 5.22. The van der Waals surface area contributed by atoms with Gasteiger partial charge in [0.05, 0.1) is 30.2 Å². The van der Waals surface area contributed by atoms with Crippen LogP contribution in [0.1, 0.15) is 33.9 Å². The van der Waals surface area contributed by atoms with E-state index in [2.05, 4.69) is 15.0 Å². The van der Waals surface area contributed by atoms with Crippen LogP contribution in [0.5, 0.6) is 5.75 Å². The fraction of sp³-hybridized carbons (Fsp3) is 0.227. The first-order chi connectivity index (χ1) is 14.1. The number of imidazole rings is 1. The first-order valence-corrected chi connectivity index (χ1v) is 10.4. The zero-order valence-corrected chi connectivity index (χ0v) is 17.0. The fourth-order valence-corrected chi connectivity index (χ4v) is 5.11. The zero-order valence-electron chi connectivity index (χ0n) is 16.2. The highest BCUT2D eigenvalue weighted by Crippen LogP contribution is 2.34. The number of fused-ring (bicyclic) bond motifs is 3. The average Bonchev–Trinajstić information content (AvgIpc) is 3.41. The van der Waals surface area contributed by atoms with Crippen LogP contribution in [0.3, 0.4) is 0 Å². The van der Waals surface area contributed by atoms with Crippen molar-refractivity contribution in [1.29, 1.82) is 0 Å². The maximum atomic E-state index is 12.6. The summed E-state index contributed by atoms with van der Waals surface area (Å²) in [6, 6.07) is 5.94. The first-order valence-electron chi connectivity index (χ1n) is 9.54. The van der Waals surface area contributed by atoms with E-state index < -0.39 is 0 Å². The van der Waals surface area contributed by atoms with Crippen LogP contribution in [-0.2, 0) is 12.8 Å². The molecule has 1 aliphatic carbocycles. The van der Waals surface area contributed by atoms with E-state index in [1.54, 1.807) is 24.8 Å². The lowest BCUT2D eigenvalue weighted by atomic mass is 10.1. The molecule has 1 aromatic carbocycles. The van der Waals surface area contributed by atoms with E-state index in [-0.39, 0.29) is 5.56 Å². The Morgan fingerprint density at radius 3 is 2.97 bits per heavy atom. The predicted molar refractivity (Wildman–Crippen MR) is 116 cm³/mol. The van der Waals surface area contributed by atoms with Crippen molar-refractivity contribution in [3.63, 3.8) is 0 Å². The molecule has 0 unspecified atom stereocenters. The fourth-order valence-electron chi connectivity index (χ4n) is 3.84. The van der Waals surface area contributed by atoms with Crippen molar-refractivity contribution in [2.24, 2.45) is 0 Å². The van der Waals surface area contributed by atoms with Crippen LogP contribution in [0.15, 0.2) is 35.5 Å². The van der Waals surface area contributed by atoms with Gasteiger partial charge in [-0.3, -0.25) is 4.79 Å². The standard InChI is InChI=1S/C22H20N4O2S/c1-13-11-26(12-23-13)16-8-6-14(10-17(16)28-2)7-9-19-24-21(27)20-15-4-3-5-18(15)29-22(20)25-19/h6-12H,3-5H2,1-2H3,(H,24,25,27)/b9-7+. The van der Waals surface area contributed by atoms with Gasteiger partial charge in [0.2, 0.25) is 0 Å². The smallest absolute Gasteiger partial charge is 0.260 e. The lowest BCUT2D eigenvalue weighted by Gasteiger charge is -2.09. The van der Waals surface area contributed by atoms with Gasteiger partial charge >= 0.3 is 0 Å². The quantitative estimate of drug-likeness (QED) is 0.555. The molecule has 0 radical (unpaired) electrons. The second kappa shape index (κ2) is 7.00. The second-order valence-electron chi connectivity index (χ2n) is 7.18. The Morgan fingerprint density at radius 1 is 1.28 bits per heavy atom. The highest BCUT2D eigenvalue weighted by molar-refractivity contribution is 7.18. The lowest BCUT2D eigenvalue weighted by Crippen LogP contribution is -2.09. The number of aryl methyl sites for hydroxylation is 3. The topological polar surface area (TPSA) is 72.8 Å². The Bertz CT molecular complexity index is 1310. The molecule has 0 bridgehead atoms. The van der Waals surface area contributed by atoms with Crippen LogP contribution in [0.2, 0.25) is 0 Å². The summed E-state index contributed by atoms with van der Waals surface area (Å²) in [5.74, 6) is 1.31. The Hall–Kier alpha value is -3.19. The van der Waals surface area contributed by atoms with Gasteiger partial charge in [0.25, 0.3) is 5.56 Å². The van der Waals surface area contributed by atoms with E-state index >= 15 is 0 Å². The summed E-state index contributed by atoms with van der Waals surface area (Å²) in [6.45, 7) is 1.95. The number of hydrogen-bond acceptors (Lipinski definition) is 5. The number of aromatic nitrogens is 4. The monoisotopic (exact) mass is 404 g/mol. The largest absolute Gasteiger partial charge is 0.495 e. The van der Waals surface area contributed by atoms with E-state index in [1.807, 2.05) is 48.0 Å². The molecule has 1 N–H and O–H groups in total. The number of nitrogens with zero attached hydrogens (tertiary/aromatic N) is 3. The number of hydrogen-bond donors (Lipinski definition) is 1. The summed E-state index contributed by atoms with van der Waals surface area (Å²) in [5, 5.41) is 0.779. The van der Waals surface area contributed by atoms with E-state index in [1.165, 1.54) is 10.4 Å². The van der Waals surface area contributed by atoms with Gasteiger partial charge in [-0.1, -0.05) is 12.1 Å². The van der Waals surface area contributed by atoms with E-state index in [9.17, 15) is 4.79 Å². The Labute approximate surface area is 171 Å². The molecule has 0 saturated heterocycles. The van der Waals surface area contributed by atoms with Crippen molar-refractivity contribution >= 4 is 33.7 Å². The van der Waals surface area contributed by atoms with Gasteiger partial charge in [0, 0.05) is 11.1 Å². The Balaban J connectivity index is 1.48. The summed E-state index contributed by atoms with van der Waals surface area (Å²) < 4.78 is 7.49. The normalized spacial score (nSPS) is 13.4. The van der Waals surface area contributed by atoms with Gasteiger partial charge in [-0.2, -0.15) is 0 Å². The average molecular weight is 404 g/mol. The Morgan fingerprint density at radius 2 is 2.17 bits per heavy atom. The SMILES string of the molecule is COc1cc(/C=C/c2nc3sc4c(c3c(=O)[nH]2)CCC4)ccc1-n1cnc(C)c1. The zero-order chi connectivity index (χ0) is 20.0. The number of H-pyrrole nitrogens is 1. The molecule has 0 saturated carbocycles. The molecule has 29 heavy (non-hydrogen) atoms. The van der Waals surface area contributed by atoms with Crippen molar-refractivity contribution in [1.82, 2.24) is 19.5 Å². The van der Waals surface area contributed by atoms with Gasteiger partial charge in [-0.05, 0) is 55.5 Å². The molecule has 3 aromatic heterocycles. The molecule has 146 valence electrons. The van der Waals surface area contributed by atoms with Gasteiger partial charge in [-0.25, -0.2) is 9.97 Å². The van der Waals surface area contributed by atoms with Crippen molar-refractivity contribution in [2.75, 3.05) is 7.11 Å². The van der Waals surface area contributed by atoms with Crippen molar-refractivity contribution in [2.45, 2.75) is 26.2 Å². The molecule has 5 rings (SSSR count). The molecule has 0 fully saturated rings. The second-order valence-corrected chi connectivity index (χ2v) is 8.26. The number of ether oxygens (including phenoxy) is 1. The number of methoxy groups -OCH3 is 1. The number of benzene rings is 1.